The van der Waals surface area contributed by atoms with Crippen molar-refractivity contribution in [2.24, 2.45) is 0 Å². The lowest BCUT2D eigenvalue weighted by molar-refractivity contribution is 0.0710. The number of hydrogen-bond acceptors (Lipinski definition) is 5. The predicted molar refractivity (Wildman–Crippen MR) is 101 cm³/mol. The Balaban J connectivity index is 1.48. The normalized spacial score (nSPS) is 15.7. The number of hydrogen-bond donors (Lipinski definition) is 1. The van der Waals surface area contributed by atoms with Crippen LogP contribution in [0.2, 0.25) is 0 Å². The quantitative estimate of drug-likeness (QED) is 0.767. The number of H-pyrrole nitrogens is 1. The van der Waals surface area contributed by atoms with Crippen LogP contribution in [0, 0.1) is 6.92 Å². The first-order valence-electron chi connectivity index (χ1n) is 8.88. The van der Waals surface area contributed by atoms with Crippen LogP contribution in [0.1, 0.15) is 46.9 Å². The summed E-state index contributed by atoms with van der Waals surface area (Å²) < 4.78 is 2.79. The van der Waals surface area contributed by atoms with Gasteiger partial charge in [-0.05, 0) is 44.9 Å². The van der Waals surface area contributed by atoms with Crippen molar-refractivity contribution in [2.75, 3.05) is 13.1 Å². The van der Waals surface area contributed by atoms with E-state index in [9.17, 15) is 9.59 Å². The van der Waals surface area contributed by atoms with Crippen molar-refractivity contribution >= 4 is 27.5 Å². The Bertz CT molecular complexity index is 1010. The number of thiazole rings is 1. The molecular weight excluding hydrogens is 350 g/mol. The second kappa shape index (κ2) is 6.68. The maximum absolute atomic E-state index is 12.8. The van der Waals surface area contributed by atoms with E-state index in [1.165, 1.54) is 0 Å². The molecule has 1 N–H and O–H groups in total. The number of carbonyl (C=O) groups excluding carboxylic acids is 1. The van der Waals surface area contributed by atoms with E-state index >= 15 is 0 Å². The summed E-state index contributed by atoms with van der Waals surface area (Å²) in [6, 6.07) is 5.75. The fraction of sp³-hybridized carbons (Fsp3) is 0.444. The highest BCUT2D eigenvalue weighted by atomic mass is 32.1. The third-order valence-corrected chi connectivity index (χ3v) is 5.94. The van der Waals surface area contributed by atoms with Gasteiger partial charge >= 0.3 is 5.69 Å². The lowest BCUT2D eigenvalue weighted by atomic mass is 9.95. The first-order valence-corrected chi connectivity index (χ1v) is 9.70. The van der Waals surface area contributed by atoms with Gasteiger partial charge in [-0.2, -0.15) is 5.10 Å². The summed E-state index contributed by atoms with van der Waals surface area (Å²) in [6.45, 7) is 5.86. The Morgan fingerprint density at radius 2 is 2.12 bits per heavy atom. The molecule has 3 heterocycles. The second-order valence-electron chi connectivity index (χ2n) is 6.61. The average molecular weight is 371 g/mol. The number of aromatic nitrogens is 4. The van der Waals surface area contributed by atoms with Gasteiger partial charge in [-0.25, -0.2) is 14.9 Å². The van der Waals surface area contributed by atoms with Crippen molar-refractivity contribution in [1.82, 2.24) is 24.6 Å². The van der Waals surface area contributed by atoms with Crippen LogP contribution in [-0.4, -0.2) is 43.6 Å². The summed E-state index contributed by atoms with van der Waals surface area (Å²) in [5, 5.41) is 7.73. The van der Waals surface area contributed by atoms with Crippen LogP contribution in [0.5, 0.6) is 0 Å². The SMILES string of the molecule is CCn1c(C2CCN(C(=O)c3ccc4sc(C)nc4c3)CC2)n[nH]c1=O. The van der Waals surface area contributed by atoms with Gasteiger partial charge in [0.1, 0.15) is 5.82 Å². The Kier molecular flexibility index (Phi) is 4.36. The molecule has 136 valence electrons. The van der Waals surface area contributed by atoms with Crippen LogP contribution >= 0.6 is 11.3 Å². The van der Waals surface area contributed by atoms with Gasteiger partial charge in [-0.3, -0.25) is 9.36 Å². The predicted octanol–water partition coefficient (Wildman–Crippen LogP) is 2.53. The molecule has 0 bridgehead atoms. The van der Waals surface area contributed by atoms with Crippen molar-refractivity contribution in [3.63, 3.8) is 0 Å². The maximum Gasteiger partial charge on any atom is 0.343 e. The minimum atomic E-state index is -0.159. The molecule has 0 saturated carbocycles. The molecule has 0 atom stereocenters. The first-order chi connectivity index (χ1) is 12.6. The zero-order valence-corrected chi connectivity index (χ0v) is 15.7. The minimum absolute atomic E-state index is 0.0471. The highest BCUT2D eigenvalue weighted by Gasteiger charge is 2.28. The topological polar surface area (TPSA) is 83.9 Å². The highest BCUT2D eigenvalue weighted by Crippen LogP contribution is 2.28. The Hall–Kier alpha value is -2.48. The molecule has 1 saturated heterocycles. The Morgan fingerprint density at radius 1 is 1.35 bits per heavy atom. The summed E-state index contributed by atoms with van der Waals surface area (Å²) >= 11 is 1.64. The van der Waals surface area contributed by atoms with Gasteiger partial charge in [0, 0.05) is 31.1 Å². The third kappa shape index (κ3) is 2.94. The van der Waals surface area contributed by atoms with Gasteiger partial charge in [0.15, 0.2) is 0 Å². The van der Waals surface area contributed by atoms with Crippen LogP contribution in [0.15, 0.2) is 23.0 Å². The van der Waals surface area contributed by atoms with Gasteiger partial charge in [0.25, 0.3) is 5.91 Å². The molecule has 1 aliphatic heterocycles. The zero-order chi connectivity index (χ0) is 18.3. The van der Waals surface area contributed by atoms with E-state index in [1.54, 1.807) is 15.9 Å². The number of likely N-dealkylation sites (tertiary alicyclic amines) is 1. The van der Waals surface area contributed by atoms with E-state index in [0.29, 0.717) is 25.2 Å². The number of fused-ring (bicyclic) bond motifs is 1. The summed E-state index contributed by atoms with van der Waals surface area (Å²) in [5.41, 5.74) is 1.41. The zero-order valence-electron chi connectivity index (χ0n) is 14.9. The van der Waals surface area contributed by atoms with Crippen molar-refractivity contribution in [3.05, 3.63) is 45.1 Å². The van der Waals surface area contributed by atoms with Gasteiger partial charge in [0.05, 0.1) is 15.2 Å². The van der Waals surface area contributed by atoms with Crippen molar-refractivity contribution in [3.8, 4) is 0 Å². The Labute approximate surface area is 154 Å². The van der Waals surface area contributed by atoms with E-state index in [1.807, 2.05) is 36.9 Å². The summed E-state index contributed by atoms with van der Waals surface area (Å²) in [7, 11) is 0. The first kappa shape index (κ1) is 17.0. The minimum Gasteiger partial charge on any atom is -0.339 e. The van der Waals surface area contributed by atoms with Crippen molar-refractivity contribution in [1.29, 1.82) is 0 Å². The molecule has 0 unspecified atom stereocenters. The molecule has 0 aliphatic carbocycles. The molecule has 7 nitrogen and oxygen atoms in total. The van der Waals surface area contributed by atoms with Gasteiger partial charge in [0.2, 0.25) is 0 Å². The molecule has 1 aliphatic rings. The summed E-state index contributed by atoms with van der Waals surface area (Å²) in [5.74, 6) is 1.07. The van der Waals surface area contributed by atoms with E-state index in [2.05, 4.69) is 15.2 Å². The number of piperidine rings is 1. The summed E-state index contributed by atoms with van der Waals surface area (Å²) in [4.78, 5) is 31.0. The molecule has 1 amide bonds. The number of carbonyl (C=O) groups is 1. The lowest BCUT2D eigenvalue weighted by Crippen LogP contribution is -2.38. The maximum atomic E-state index is 12.8. The summed E-state index contributed by atoms with van der Waals surface area (Å²) in [6.07, 6.45) is 1.63. The standard InChI is InChI=1S/C18H21N5O2S/c1-3-23-16(20-21-18(23)25)12-6-8-22(9-7-12)17(24)13-4-5-15-14(10-13)19-11(2)26-15/h4-5,10,12H,3,6-9H2,1-2H3,(H,21,25). The molecular formula is C18H21N5O2S. The largest absolute Gasteiger partial charge is 0.343 e. The monoisotopic (exact) mass is 371 g/mol. The van der Waals surface area contributed by atoms with Crippen LogP contribution in [0.25, 0.3) is 10.2 Å². The lowest BCUT2D eigenvalue weighted by Gasteiger charge is -2.31. The van der Waals surface area contributed by atoms with Crippen LogP contribution in [0.4, 0.5) is 0 Å². The molecule has 3 aromatic rings. The Morgan fingerprint density at radius 3 is 2.85 bits per heavy atom. The molecule has 4 rings (SSSR count). The molecule has 8 heteroatoms. The molecule has 0 spiro atoms. The number of amides is 1. The van der Waals surface area contributed by atoms with E-state index < -0.39 is 0 Å². The second-order valence-corrected chi connectivity index (χ2v) is 7.85. The van der Waals surface area contributed by atoms with Gasteiger partial charge in [-0.15, -0.1) is 11.3 Å². The average Bonchev–Trinajstić information content (AvgIpc) is 3.21. The van der Waals surface area contributed by atoms with E-state index in [-0.39, 0.29) is 17.5 Å². The fourth-order valence-corrected chi connectivity index (χ4v) is 4.45. The van der Waals surface area contributed by atoms with Crippen LogP contribution in [0.3, 0.4) is 0 Å². The number of aryl methyl sites for hydroxylation is 1. The fourth-order valence-electron chi connectivity index (χ4n) is 3.65. The van der Waals surface area contributed by atoms with E-state index in [0.717, 1.165) is 33.9 Å². The number of nitrogens with zero attached hydrogens (tertiary/aromatic N) is 4. The molecule has 1 fully saturated rings. The number of benzene rings is 1. The number of nitrogens with one attached hydrogen (secondary N) is 1. The van der Waals surface area contributed by atoms with Gasteiger partial charge < -0.3 is 4.90 Å². The molecule has 1 aromatic carbocycles. The van der Waals surface area contributed by atoms with Crippen LogP contribution < -0.4 is 5.69 Å². The number of rotatable bonds is 3. The van der Waals surface area contributed by atoms with Crippen LogP contribution in [-0.2, 0) is 6.54 Å². The van der Waals surface area contributed by atoms with Crippen molar-refractivity contribution < 1.29 is 4.79 Å². The highest BCUT2D eigenvalue weighted by molar-refractivity contribution is 7.18. The third-order valence-electron chi connectivity index (χ3n) is 4.99. The molecule has 2 aromatic heterocycles. The van der Waals surface area contributed by atoms with E-state index in [4.69, 9.17) is 0 Å². The van der Waals surface area contributed by atoms with Gasteiger partial charge in [-0.1, -0.05) is 0 Å². The molecule has 26 heavy (non-hydrogen) atoms. The van der Waals surface area contributed by atoms with Crippen molar-refractivity contribution in [2.45, 2.75) is 39.2 Å². The molecule has 0 radical (unpaired) electrons. The smallest absolute Gasteiger partial charge is 0.339 e. The number of aromatic amines is 1.